The van der Waals surface area contributed by atoms with Crippen LogP contribution in [0.15, 0.2) is 11.6 Å². The van der Waals surface area contributed by atoms with Gasteiger partial charge in [-0.05, 0) is 214 Å². The molecule has 0 bridgehead atoms. The van der Waals surface area contributed by atoms with Crippen molar-refractivity contribution in [3.63, 3.8) is 0 Å². The Labute approximate surface area is 793 Å². The first-order valence-corrected chi connectivity index (χ1v) is 50.1. The van der Waals surface area contributed by atoms with E-state index in [4.69, 9.17) is 71.1 Å². The maximum Gasteiger partial charge on any atom is 0.407 e. The van der Waals surface area contributed by atoms with Gasteiger partial charge < -0.3 is 178 Å². The highest BCUT2D eigenvalue weighted by Crippen LogP contribution is 2.77. The lowest BCUT2D eigenvalue weighted by molar-refractivity contribution is -0.391. The van der Waals surface area contributed by atoms with E-state index in [1.54, 1.807) is 6.92 Å². The summed E-state index contributed by atoms with van der Waals surface area (Å²) in [5, 5.41) is 218. The number of esters is 1. The predicted octanol–water partition coefficient (Wildman–Crippen LogP) is 0.850. The molecule has 7 saturated heterocycles. The van der Waals surface area contributed by atoms with Crippen LogP contribution in [0.4, 0.5) is 4.79 Å². The largest absolute Gasteiger partial charge is 0.479 e. The summed E-state index contributed by atoms with van der Waals surface area (Å²) in [5.41, 5.74) is -7.05. The van der Waals surface area contributed by atoms with Gasteiger partial charge in [-0.3, -0.25) is 4.79 Å². The van der Waals surface area contributed by atoms with Gasteiger partial charge in [-0.2, -0.15) is 0 Å². The average molecular weight is 1940 g/mol. The van der Waals surface area contributed by atoms with Crippen molar-refractivity contribution < 1.29 is 187 Å². The number of nitrogens with one attached hydrogen (secondary N) is 1. The van der Waals surface area contributed by atoms with Crippen LogP contribution in [0.3, 0.4) is 0 Å². The Bertz CT molecular complexity index is 4170. The Kier molecular flexibility index (Phi) is 30.9. The SMILES string of the molecule is CC(C)CCC[C@@H](C)[C@H]1CC[C@H]2[C@@H]3CC[C@H]4C[C@@H](OC(=O)N[C@H]5C(CO)O[C@@H](OC(=O)[C@]67CCC(C)(C)CC6C6=CCC8C9(C)CC[C@H](O[C@@H]%10OC(C(=O)O)[C@@H](O)[C@H](O[C@@H]%11OC[C@@H](O)[C@H](O)C%11O)C%10O[C@@H]%10OC(CO)[C@H](O)[C@H](O)C%10O)[C@](C)(C=O)[C@@H]9CCC8(C)[C@]6(C)CC7O)C(O[C@@H]6OC(C)[C@H](O[C@@H]7OC[C@@H](O)C(O[C@@H]8OC[C@@](O)(CO)C8O)C7O)C(O)C6O)C5O)CC[C@]4(C)[C@H]3CC[C@]12C. The Morgan fingerprint density at radius 2 is 1.17 bits per heavy atom. The van der Waals surface area contributed by atoms with Gasteiger partial charge in [0.15, 0.2) is 49.9 Å². The van der Waals surface area contributed by atoms with E-state index in [9.17, 15) is 111 Å². The molecule has 0 aromatic carbocycles. The van der Waals surface area contributed by atoms with E-state index in [-0.39, 0.29) is 36.5 Å². The lowest BCUT2D eigenvalue weighted by Crippen LogP contribution is -2.70. The monoisotopic (exact) mass is 1940 g/mol. The summed E-state index contributed by atoms with van der Waals surface area (Å²) in [5.74, 6) is -0.133. The predicted molar refractivity (Wildman–Crippen MR) is 468 cm³/mol. The van der Waals surface area contributed by atoms with E-state index in [0.717, 1.165) is 31.1 Å². The number of rotatable bonds is 26. The third kappa shape index (κ3) is 18.3. The minimum absolute atomic E-state index is 0.0140. The van der Waals surface area contributed by atoms with Gasteiger partial charge in [0.25, 0.3) is 0 Å². The number of carboxylic acid groups (broad SMARTS) is 1. The molecule has 776 valence electrons. The maximum atomic E-state index is 16.5. The first-order valence-electron chi connectivity index (χ1n) is 50.1. The van der Waals surface area contributed by atoms with Crippen molar-refractivity contribution in [2.75, 3.05) is 39.6 Å². The highest BCUT2D eigenvalue weighted by molar-refractivity contribution is 5.80. The number of carboxylic acids is 1. The number of aliphatic carboxylic acids is 1. The third-order valence-corrected chi connectivity index (χ3v) is 38.0. The molecule has 39 nitrogen and oxygen atoms in total. The molecule has 8 saturated carbocycles. The summed E-state index contributed by atoms with van der Waals surface area (Å²) in [4.78, 5) is 58.9. The molecule has 7 heterocycles. The highest BCUT2D eigenvalue weighted by atomic mass is 16.8. The molecule has 16 aliphatic rings. The fourth-order valence-corrected chi connectivity index (χ4v) is 29.9. The first kappa shape index (κ1) is 105. The van der Waals surface area contributed by atoms with Gasteiger partial charge in [0.1, 0.15) is 139 Å². The lowest BCUT2D eigenvalue weighted by atomic mass is 9.33. The van der Waals surface area contributed by atoms with E-state index in [1.165, 1.54) is 51.9 Å². The molecule has 16 rings (SSSR count). The zero-order valence-electron chi connectivity index (χ0n) is 80.3. The van der Waals surface area contributed by atoms with Crippen LogP contribution in [-0.2, 0) is 85.4 Å². The second-order valence-corrected chi connectivity index (χ2v) is 46.4. The molecule has 39 heteroatoms. The molecular formula is C97H155NO38. The smallest absolute Gasteiger partial charge is 0.407 e. The van der Waals surface area contributed by atoms with Crippen molar-refractivity contribution in [2.24, 2.45) is 102 Å². The number of hydrogen-bond acceptors (Lipinski definition) is 37. The number of carbonyl (C=O) groups is 4. The summed E-state index contributed by atoms with van der Waals surface area (Å²) >= 11 is 0. The minimum Gasteiger partial charge on any atom is -0.479 e. The number of aldehydes is 1. The molecule has 15 fully saturated rings. The topological polar surface area (TPSA) is 603 Å². The van der Waals surface area contributed by atoms with Crippen molar-refractivity contribution in [1.82, 2.24) is 5.32 Å². The Morgan fingerprint density at radius 3 is 1.85 bits per heavy atom. The second kappa shape index (κ2) is 40.0. The molecule has 50 atom stereocenters. The Morgan fingerprint density at radius 1 is 0.537 bits per heavy atom. The van der Waals surface area contributed by atoms with E-state index in [2.05, 4.69) is 80.6 Å². The van der Waals surface area contributed by atoms with Gasteiger partial charge in [0.2, 0.25) is 6.29 Å². The third-order valence-electron chi connectivity index (χ3n) is 38.0. The quantitative estimate of drug-likeness (QED) is 0.0247. The number of aliphatic hydroxyl groups excluding tert-OH is 17. The second-order valence-electron chi connectivity index (χ2n) is 46.4. The first-order chi connectivity index (χ1) is 64.0. The number of carbonyl (C=O) groups excluding carboxylic acids is 3. The van der Waals surface area contributed by atoms with Crippen LogP contribution in [0.2, 0.25) is 0 Å². The molecule has 20 N–H and O–H groups in total. The maximum absolute atomic E-state index is 16.5. The van der Waals surface area contributed by atoms with Crippen LogP contribution < -0.4 is 5.32 Å². The fourth-order valence-electron chi connectivity index (χ4n) is 29.9. The van der Waals surface area contributed by atoms with Crippen molar-refractivity contribution >= 4 is 24.3 Å². The van der Waals surface area contributed by atoms with Crippen molar-refractivity contribution in [3.05, 3.63) is 11.6 Å². The van der Waals surface area contributed by atoms with E-state index in [1.807, 2.05) is 0 Å². The molecule has 9 aliphatic carbocycles. The number of amides is 1. The zero-order chi connectivity index (χ0) is 98.5. The van der Waals surface area contributed by atoms with Crippen molar-refractivity contribution in [3.8, 4) is 0 Å². The number of alkyl carbamates (subject to hydrolysis) is 1. The molecule has 19 unspecified atom stereocenters. The molecule has 136 heavy (non-hydrogen) atoms. The van der Waals surface area contributed by atoms with Gasteiger partial charge in [-0.1, -0.05) is 107 Å². The standard InChI is InChI=1S/C97H155NO38/c1-42(2)14-13-15-43(3)48-18-19-49-47-17-16-45-32-46(22-26-90(45,7)50(47)23-27-91(48,49)8)126-88(120)98-61-55(35-99)127-84(76(64(61)108)134-82-69(113)66(110)72(44(4)125-82)130-81-71(115)73(54(104)38-123-81)131-86-78(116)96(121,40-102)41-124-86)136-87(119)97-31-30-89(5,6)33-52(97)51-20-21-58-92(9)28-25-60(93(10,39-101)57(92)24-29-94(58,11)95(51,12)34-59(97)105)129-85-77(135-83-68(112)65(109)63(107)56(36-100)128-83)74(70(114)75(133-85)79(117)118)132-80-67(111)62(106)53(103)37-122-80/h20,39,42-50,52-78,80-86,99-100,102-116,121H,13-19,21-38,40-41H2,1-12H3,(H,98,120)(H,117,118)/t43-,44?,45+,46+,47+,48-,49+,50+,52?,53-,54-,55?,56?,57-,58?,59?,60+,61+,62+,63+,64?,65+,66?,67?,68?,69?,70+,71?,72+,73?,74+,75?,76?,77?,78?,80+,81+,82+,83+,84+,85-,86+,90+,91-,92?,93-,94?,95-,96+,97-/m1/s1. The lowest BCUT2D eigenvalue weighted by Gasteiger charge is -2.71. The highest BCUT2D eigenvalue weighted by Gasteiger charge is 2.74. The van der Waals surface area contributed by atoms with Crippen LogP contribution in [0, 0.1) is 102 Å². The van der Waals surface area contributed by atoms with Crippen molar-refractivity contribution in [2.45, 2.75) is 426 Å². The molecule has 0 spiro atoms. The molecule has 0 radical (unpaired) electrons. The molecule has 0 aromatic rings. The van der Waals surface area contributed by atoms with Gasteiger partial charge in [0, 0.05) is 0 Å². The van der Waals surface area contributed by atoms with Crippen LogP contribution in [0.1, 0.15) is 218 Å². The minimum atomic E-state index is -2.24. The van der Waals surface area contributed by atoms with Crippen LogP contribution in [0.25, 0.3) is 0 Å². The van der Waals surface area contributed by atoms with Crippen molar-refractivity contribution in [1.29, 1.82) is 0 Å². The summed E-state index contributed by atoms with van der Waals surface area (Å²) in [6.07, 6.45) is -40.4. The fraction of sp³-hybridized carbons (Fsp3) is 0.938. The zero-order valence-corrected chi connectivity index (χ0v) is 80.3. The molecule has 0 aromatic heterocycles. The number of aliphatic hydroxyl groups is 18. The normalized spacial score (nSPS) is 52.9. The van der Waals surface area contributed by atoms with Gasteiger partial charge >= 0.3 is 18.0 Å². The van der Waals surface area contributed by atoms with Crippen LogP contribution in [0.5, 0.6) is 0 Å². The average Bonchev–Trinajstić information content (AvgIpc) is 0.810. The van der Waals surface area contributed by atoms with E-state index >= 15 is 4.79 Å². The summed E-state index contributed by atoms with van der Waals surface area (Å²) in [6, 6.07) is -1.60. The number of allylic oxidation sites excluding steroid dienone is 2. The van der Waals surface area contributed by atoms with Gasteiger partial charge in [-0.25, -0.2) is 9.59 Å². The van der Waals surface area contributed by atoms with E-state index < -0.39 is 310 Å². The molecule has 1 amide bonds. The van der Waals surface area contributed by atoms with E-state index in [0.29, 0.717) is 92.3 Å². The van der Waals surface area contributed by atoms with Gasteiger partial charge in [-0.15, -0.1) is 0 Å². The Hall–Kier alpha value is -3.62. The molecular weight excluding hydrogens is 1790 g/mol. The summed E-state index contributed by atoms with van der Waals surface area (Å²) in [6.45, 7) is 21.3. The number of hydrogen-bond donors (Lipinski definition) is 20. The van der Waals surface area contributed by atoms with Crippen LogP contribution >= 0.6 is 0 Å². The number of ether oxygens (including phenoxy) is 15. The van der Waals surface area contributed by atoms with Crippen LogP contribution in [-0.4, -0.2) is 369 Å². The van der Waals surface area contributed by atoms with Gasteiger partial charge in [0.05, 0.1) is 69.4 Å². The molecule has 7 aliphatic heterocycles. The summed E-state index contributed by atoms with van der Waals surface area (Å²) in [7, 11) is 0. The summed E-state index contributed by atoms with van der Waals surface area (Å²) < 4.78 is 92.1. The number of fused-ring (bicyclic) bond motifs is 12. The Balaban J connectivity index is 0.651.